The third kappa shape index (κ3) is 18.7. The van der Waals surface area contributed by atoms with Crippen molar-refractivity contribution in [1.82, 2.24) is 5.32 Å². The van der Waals surface area contributed by atoms with Crippen LogP contribution in [-0.4, -0.2) is 19.1 Å². The zero-order valence-electron chi connectivity index (χ0n) is 16.8. The van der Waals surface area contributed by atoms with Crippen LogP contribution in [0.4, 0.5) is 4.39 Å². The van der Waals surface area contributed by atoms with Crippen molar-refractivity contribution in [2.24, 2.45) is 5.92 Å². The number of carbonyl (C=O) groups is 1. The Labute approximate surface area is 160 Å². The van der Waals surface area contributed by atoms with Gasteiger partial charge in [-0.2, -0.15) is 0 Å². The van der Waals surface area contributed by atoms with E-state index in [0.717, 1.165) is 32.1 Å². The van der Waals surface area contributed by atoms with Gasteiger partial charge in [-0.25, -0.2) is 4.39 Å². The van der Waals surface area contributed by atoms with E-state index >= 15 is 0 Å². The number of halogens is 1. The molecule has 1 N–H and O–H groups in total. The van der Waals surface area contributed by atoms with Gasteiger partial charge in [-0.05, 0) is 50.9 Å². The molecule has 0 saturated heterocycles. The Bertz CT molecular complexity index is 437. The van der Waals surface area contributed by atoms with Crippen molar-refractivity contribution in [3.63, 3.8) is 0 Å². The highest BCUT2D eigenvalue weighted by atomic mass is 19.1. The average Bonchev–Trinajstić information content (AvgIpc) is 2.65. The number of rotatable bonds is 16. The quantitative estimate of drug-likeness (QED) is 0.247. The third-order valence-corrected chi connectivity index (χ3v) is 4.05. The number of hydrogen-bond donors (Lipinski definition) is 1. The molecule has 2 nitrogen and oxygen atoms in total. The maximum atomic E-state index is 12.0. The zero-order chi connectivity index (χ0) is 19.3. The molecule has 3 heteroatoms. The van der Waals surface area contributed by atoms with E-state index in [9.17, 15) is 9.18 Å². The summed E-state index contributed by atoms with van der Waals surface area (Å²) in [6.45, 7) is 3.93. The highest BCUT2D eigenvalue weighted by Crippen LogP contribution is 2.05. The Balaban J connectivity index is 3.52. The van der Waals surface area contributed by atoms with Gasteiger partial charge in [0, 0.05) is 6.54 Å². The summed E-state index contributed by atoms with van der Waals surface area (Å²) in [5.41, 5.74) is 0. The maximum Gasteiger partial charge on any atom is 0.251 e. The van der Waals surface area contributed by atoms with Gasteiger partial charge in [-0.3, -0.25) is 4.79 Å². The molecule has 148 valence electrons. The van der Waals surface area contributed by atoms with Crippen LogP contribution in [0.2, 0.25) is 0 Å². The summed E-state index contributed by atoms with van der Waals surface area (Å²) in [7, 11) is 0. The van der Waals surface area contributed by atoms with Crippen LogP contribution in [0.5, 0.6) is 0 Å². The summed E-state index contributed by atoms with van der Waals surface area (Å²) in [5, 5.41) is 2.58. The van der Waals surface area contributed by atoms with Gasteiger partial charge in [0.2, 0.25) is 0 Å². The largest absolute Gasteiger partial charge is 0.354 e. The fourth-order valence-electron chi connectivity index (χ4n) is 2.38. The van der Waals surface area contributed by atoms with Crippen LogP contribution in [0, 0.1) is 5.92 Å². The van der Waals surface area contributed by atoms with Crippen molar-refractivity contribution >= 4 is 5.91 Å². The van der Waals surface area contributed by atoms with E-state index in [2.05, 4.69) is 67.8 Å². The molecule has 1 unspecified atom stereocenters. The van der Waals surface area contributed by atoms with Crippen molar-refractivity contribution in [3.8, 4) is 0 Å². The van der Waals surface area contributed by atoms with E-state index in [1.54, 1.807) is 0 Å². The van der Waals surface area contributed by atoms with Gasteiger partial charge in [-0.1, -0.05) is 75.3 Å². The summed E-state index contributed by atoms with van der Waals surface area (Å²) in [6, 6.07) is 0. The lowest BCUT2D eigenvalue weighted by Crippen LogP contribution is -2.29. The van der Waals surface area contributed by atoms with Crippen molar-refractivity contribution in [2.75, 3.05) is 13.2 Å². The van der Waals surface area contributed by atoms with Gasteiger partial charge in [0.15, 0.2) is 6.67 Å². The van der Waals surface area contributed by atoms with E-state index in [0.29, 0.717) is 12.5 Å². The maximum absolute atomic E-state index is 12.0. The van der Waals surface area contributed by atoms with Gasteiger partial charge in [0.05, 0.1) is 0 Å². The molecule has 0 radical (unpaired) electrons. The second-order valence-corrected chi connectivity index (χ2v) is 6.71. The number of nitrogens with one attached hydrogen (secondary N) is 1. The van der Waals surface area contributed by atoms with Crippen LogP contribution in [0.25, 0.3) is 0 Å². The molecular weight excluding hydrogens is 325 g/mol. The molecule has 0 aromatic heterocycles. The van der Waals surface area contributed by atoms with Crippen LogP contribution in [0.15, 0.2) is 48.6 Å². The minimum atomic E-state index is -0.927. The number of hydrogen-bond acceptors (Lipinski definition) is 1. The molecule has 1 atom stereocenters. The normalized spacial score (nSPS) is 13.5. The number of amides is 1. The monoisotopic (exact) mass is 363 g/mol. The highest BCUT2D eigenvalue weighted by molar-refractivity contribution is 5.76. The minimum absolute atomic E-state index is 0.372. The van der Waals surface area contributed by atoms with E-state index in [4.69, 9.17) is 0 Å². The molecule has 1 amide bonds. The molecule has 0 rings (SSSR count). The van der Waals surface area contributed by atoms with Gasteiger partial charge in [0.25, 0.3) is 5.91 Å². The van der Waals surface area contributed by atoms with Crippen molar-refractivity contribution in [1.29, 1.82) is 0 Å². The van der Waals surface area contributed by atoms with E-state index in [1.165, 1.54) is 25.7 Å². The summed E-state index contributed by atoms with van der Waals surface area (Å²) >= 11 is 0. The van der Waals surface area contributed by atoms with Gasteiger partial charge >= 0.3 is 0 Å². The summed E-state index contributed by atoms with van der Waals surface area (Å²) in [4.78, 5) is 10.8. The topological polar surface area (TPSA) is 29.1 Å². The standard InChI is InChI=1S/C23H38FNO/c1-3-4-5-6-7-8-9-10-11-12-13-14-15-16-17-18-19-22(2)21-25-23(26)20-24/h7-8,10-11,13-14,16-17,22H,3-6,9,12,15,18-21H2,1-2H3,(H,25,26)/b8-7-,11-10-,14-13-,17-16-. The SMILES string of the molecule is CCCCC/C=C\C/C=C\C/C=C\C/C=C\CCC(C)CNC(=O)CF. The third-order valence-electron chi connectivity index (χ3n) is 4.05. The molecular formula is C23H38FNO. The number of carbonyl (C=O) groups excluding carboxylic acids is 1. The predicted octanol–water partition coefficient (Wildman–Crippen LogP) is 6.46. The highest BCUT2D eigenvalue weighted by Gasteiger charge is 2.03. The van der Waals surface area contributed by atoms with Crippen molar-refractivity contribution < 1.29 is 9.18 Å². The van der Waals surface area contributed by atoms with E-state index in [-0.39, 0.29) is 0 Å². The molecule has 0 aliphatic heterocycles. The minimum Gasteiger partial charge on any atom is -0.354 e. The second kappa shape index (κ2) is 19.7. The van der Waals surface area contributed by atoms with Crippen molar-refractivity contribution in [3.05, 3.63) is 48.6 Å². The van der Waals surface area contributed by atoms with Gasteiger partial charge in [-0.15, -0.1) is 0 Å². The lowest BCUT2D eigenvalue weighted by atomic mass is 10.1. The first kappa shape index (κ1) is 24.4. The van der Waals surface area contributed by atoms with Crippen LogP contribution in [0.1, 0.15) is 71.6 Å². The number of allylic oxidation sites excluding steroid dienone is 8. The second-order valence-electron chi connectivity index (χ2n) is 6.71. The first-order valence-corrected chi connectivity index (χ1v) is 10.1. The Hall–Kier alpha value is -1.64. The van der Waals surface area contributed by atoms with E-state index in [1.807, 2.05) is 0 Å². The first-order chi connectivity index (χ1) is 12.7. The molecule has 0 aliphatic rings. The Morgan fingerprint density at radius 3 is 1.96 bits per heavy atom. The van der Waals surface area contributed by atoms with Crippen LogP contribution in [-0.2, 0) is 4.79 Å². The fourth-order valence-corrected chi connectivity index (χ4v) is 2.38. The molecule has 0 aromatic rings. The molecule has 0 saturated carbocycles. The number of unbranched alkanes of at least 4 members (excludes halogenated alkanes) is 3. The van der Waals surface area contributed by atoms with Gasteiger partial charge < -0.3 is 5.32 Å². The van der Waals surface area contributed by atoms with Crippen LogP contribution in [0.3, 0.4) is 0 Å². The lowest BCUT2D eigenvalue weighted by molar-refractivity contribution is -0.122. The van der Waals surface area contributed by atoms with Crippen LogP contribution >= 0.6 is 0 Å². The van der Waals surface area contributed by atoms with Gasteiger partial charge in [0.1, 0.15) is 0 Å². The molecule has 0 bridgehead atoms. The molecule has 0 spiro atoms. The zero-order valence-corrected chi connectivity index (χ0v) is 16.8. The van der Waals surface area contributed by atoms with E-state index < -0.39 is 12.6 Å². The Kier molecular flexibility index (Phi) is 18.4. The molecule has 0 fully saturated rings. The Morgan fingerprint density at radius 2 is 1.42 bits per heavy atom. The first-order valence-electron chi connectivity index (χ1n) is 10.1. The molecule has 0 aliphatic carbocycles. The summed E-state index contributed by atoms with van der Waals surface area (Å²) in [6.07, 6.45) is 27.8. The lowest BCUT2D eigenvalue weighted by Gasteiger charge is -2.10. The van der Waals surface area contributed by atoms with Crippen molar-refractivity contribution in [2.45, 2.75) is 71.6 Å². The fraction of sp³-hybridized carbons (Fsp3) is 0.609. The Morgan fingerprint density at radius 1 is 0.885 bits per heavy atom. The smallest absolute Gasteiger partial charge is 0.251 e. The summed E-state index contributed by atoms with van der Waals surface area (Å²) < 4.78 is 12.0. The molecule has 0 heterocycles. The van der Waals surface area contributed by atoms with Crippen LogP contribution < -0.4 is 5.32 Å². The summed E-state index contributed by atoms with van der Waals surface area (Å²) in [5.74, 6) is -0.147. The molecule has 26 heavy (non-hydrogen) atoms. The molecule has 0 aromatic carbocycles. The predicted molar refractivity (Wildman–Crippen MR) is 112 cm³/mol. The number of alkyl halides is 1. The average molecular weight is 364 g/mol.